The maximum atomic E-state index is 13.0. The zero-order valence-corrected chi connectivity index (χ0v) is 17.0. The summed E-state index contributed by atoms with van der Waals surface area (Å²) in [6.07, 6.45) is 6.11. The lowest BCUT2D eigenvalue weighted by molar-refractivity contribution is -0.135. The van der Waals surface area contributed by atoms with E-state index in [1.54, 1.807) is 12.4 Å². The number of carbonyl (C=O) groups excluding carboxylic acids is 1. The number of likely N-dealkylation sites (tertiary alicyclic amines) is 1. The van der Waals surface area contributed by atoms with E-state index >= 15 is 0 Å². The molecule has 0 aliphatic carbocycles. The largest absolute Gasteiger partial charge is 0.437 e. The first-order valence-electron chi connectivity index (χ1n) is 10.5. The number of hydrogen-bond donors (Lipinski definition) is 2. The van der Waals surface area contributed by atoms with Crippen LogP contribution in [0, 0.1) is 5.92 Å². The fourth-order valence-electron chi connectivity index (χ4n) is 4.32. The highest BCUT2D eigenvalue weighted by Gasteiger charge is 2.39. The third-order valence-corrected chi connectivity index (χ3v) is 6.13. The van der Waals surface area contributed by atoms with Crippen LogP contribution in [0.15, 0.2) is 42.7 Å². The molecule has 154 valence electrons. The molecule has 0 saturated carbocycles. The van der Waals surface area contributed by atoms with Crippen molar-refractivity contribution in [2.45, 2.75) is 51.1 Å². The van der Waals surface area contributed by atoms with E-state index < -0.39 is 0 Å². The SMILES string of the molecule is CCC1NNC(C(=O)N2CCC(c3nccnc3Oc3ccccc3)CC2)C1C. The smallest absolute Gasteiger partial charge is 0.241 e. The van der Waals surface area contributed by atoms with E-state index in [0.717, 1.165) is 43.8 Å². The topological polar surface area (TPSA) is 79.4 Å². The van der Waals surface area contributed by atoms with Crippen molar-refractivity contribution < 1.29 is 9.53 Å². The van der Waals surface area contributed by atoms with Crippen molar-refractivity contribution in [2.24, 2.45) is 5.92 Å². The average Bonchev–Trinajstić information content (AvgIpc) is 3.15. The van der Waals surface area contributed by atoms with Crippen LogP contribution in [-0.2, 0) is 4.79 Å². The van der Waals surface area contributed by atoms with Crippen LogP contribution in [0.5, 0.6) is 11.6 Å². The van der Waals surface area contributed by atoms with E-state index in [4.69, 9.17) is 4.74 Å². The number of amides is 1. The van der Waals surface area contributed by atoms with Crippen molar-refractivity contribution in [1.29, 1.82) is 0 Å². The molecule has 0 bridgehead atoms. The van der Waals surface area contributed by atoms with Crippen molar-refractivity contribution in [3.63, 3.8) is 0 Å². The second-order valence-corrected chi connectivity index (χ2v) is 7.90. The van der Waals surface area contributed by atoms with Gasteiger partial charge in [0.15, 0.2) is 0 Å². The fraction of sp³-hybridized carbons (Fsp3) is 0.500. The standard InChI is InChI=1S/C22H29N5O2/c1-3-18-15(2)19(26-25-18)22(28)27-13-9-16(10-14-27)20-21(24-12-11-23-20)29-17-7-5-4-6-8-17/h4-8,11-12,15-16,18-19,25-26H,3,9-10,13-14H2,1-2H3. The normalized spacial score (nSPS) is 25.2. The molecule has 1 aromatic heterocycles. The van der Waals surface area contributed by atoms with Crippen molar-refractivity contribution in [3.8, 4) is 11.6 Å². The number of carbonyl (C=O) groups is 1. The number of ether oxygens (including phenoxy) is 1. The number of benzene rings is 1. The summed E-state index contributed by atoms with van der Waals surface area (Å²) in [6.45, 7) is 5.74. The quantitative estimate of drug-likeness (QED) is 0.810. The van der Waals surface area contributed by atoms with Gasteiger partial charge in [0.25, 0.3) is 0 Å². The van der Waals surface area contributed by atoms with Gasteiger partial charge in [0.2, 0.25) is 11.8 Å². The van der Waals surface area contributed by atoms with Crippen LogP contribution in [-0.4, -0.2) is 45.9 Å². The summed E-state index contributed by atoms with van der Waals surface area (Å²) in [5.41, 5.74) is 7.34. The molecule has 29 heavy (non-hydrogen) atoms. The predicted molar refractivity (Wildman–Crippen MR) is 110 cm³/mol. The minimum atomic E-state index is -0.148. The van der Waals surface area contributed by atoms with Crippen LogP contribution in [0.2, 0.25) is 0 Å². The Hall–Kier alpha value is -2.51. The van der Waals surface area contributed by atoms with E-state index in [-0.39, 0.29) is 23.8 Å². The molecule has 3 unspecified atom stereocenters. The maximum Gasteiger partial charge on any atom is 0.241 e. The summed E-state index contributed by atoms with van der Waals surface area (Å²) < 4.78 is 5.98. The molecule has 2 aliphatic heterocycles. The van der Waals surface area contributed by atoms with Crippen LogP contribution >= 0.6 is 0 Å². The Labute approximate surface area is 171 Å². The molecule has 2 N–H and O–H groups in total. The maximum absolute atomic E-state index is 13.0. The summed E-state index contributed by atoms with van der Waals surface area (Å²) in [4.78, 5) is 24.0. The first-order valence-corrected chi connectivity index (χ1v) is 10.5. The Morgan fingerprint density at radius 1 is 1.14 bits per heavy atom. The minimum Gasteiger partial charge on any atom is -0.437 e. The highest BCUT2D eigenvalue weighted by molar-refractivity contribution is 5.82. The van der Waals surface area contributed by atoms with E-state index in [1.165, 1.54) is 0 Å². The molecule has 4 rings (SSSR count). The van der Waals surface area contributed by atoms with E-state index in [2.05, 4.69) is 34.7 Å². The average molecular weight is 396 g/mol. The van der Waals surface area contributed by atoms with Crippen molar-refractivity contribution in [1.82, 2.24) is 25.7 Å². The molecule has 1 aromatic carbocycles. The number of para-hydroxylation sites is 1. The number of nitrogens with one attached hydrogen (secondary N) is 2. The third kappa shape index (κ3) is 4.26. The van der Waals surface area contributed by atoms with E-state index in [1.807, 2.05) is 35.2 Å². The van der Waals surface area contributed by atoms with Crippen molar-refractivity contribution in [3.05, 3.63) is 48.4 Å². The van der Waals surface area contributed by atoms with Gasteiger partial charge in [-0.05, 0) is 37.3 Å². The van der Waals surface area contributed by atoms with Gasteiger partial charge in [-0.3, -0.25) is 15.2 Å². The molecule has 2 fully saturated rings. The Morgan fingerprint density at radius 3 is 2.55 bits per heavy atom. The molecular formula is C22H29N5O2. The van der Waals surface area contributed by atoms with Gasteiger partial charge in [0.1, 0.15) is 17.5 Å². The molecule has 2 saturated heterocycles. The molecule has 1 amide bonds. The number of piperidine rings is 1. The molecule has 3 atom stereocenters. The highest BCUT2D eigenvalue weighted by Crippen LogP contribution is 2.34. The van der Waals surface area contributed by atoms with Gasteiger partial charge in [-0.2, -0.15) is 0 Å². The Morgan fingerprint density at radius 2 is 1.86 bits per heavy atom. The summed E-state index contributed by atoms with van der Waals surface area (Å²) in [5.74, 6) is 2.03. The number of nitrogens with zero attached hydrogens (tertiary/aromatic N) is 3. The van der Waals surface area contributed by atoms with Gasteiger partial charge >= 0.3 is 0 Å². The van der Waals surface area contributed by atoms with E-state index in [9.17, 15) is 4.79 Å². The second-order valence-electron chi connectivity index (χ2n) is 7.90. The number of hydrazine groups is 1. The van der Waals surface area contributed by atoms with Crippen LogP contribution in [0.3, 0.4) is 0 Å². The zero-order valence-electron chi connectivity index (χ0n) is 17.0. The van der Waals surface area contributed by atoms with Gasteiger partial charge < -0.3 is 9.64 Å². The van der Waals surface area contributed by atoms with Gasteiger partial charge in [-0.15, -0.1) is 0 Å². The van der Waals surface area contributed by atoms with Gasteiger partial charge in [-0.1, -0.05) is 32.0 Å². The van der Waals surface area contributed by atoms with Crippen LogP contribution in [0.4, 0.5) is 0 Å². The lowest BCUT2D eigenvalue weighted by Crippen LogP contribution is -2.49. The summed E-state index contributed by atoms with van der Waals surface area (Å²) in [5, 5.41) is 0. The van der Waals surface area contributed by atoms with Crippen LogP contribution < -0.4 is 15.6 Å². The zero-order chi connectivity index (χ0) is 20.2. The molecule has 0 spiro atoms. The first-order chi connectivity index (χ1) is 14.2. The molecular weight excluding hydrogens is 366 g/mol. The molecule has 2 aliphatic rings. The summed E-state index contributed by atoms with van der Waals surface area (Å²) in [7, 11) is 0. The Balaban J connectivity index is 1.40. The molecule has 3 heterocycles. The van der Waals surface area contributed by atoms with Crippen LogP contribution in [0.25, 0.3) is 0 Å². The number of hydrogen-bond acceptors (Lipinski definition) is 6. The second kappa shape index (κ2) is 8.88. The van der Waals surface area contributed by atoms with Crippen molar-refractivity contribution in [2.75, 3.05) is 13.1 Å². The number of aromatic nitrogens is 2. The monoisotopic (exact) mass is 395 g/mol. The lowest BCUT2D eigenvalue weighted by atomic mass is 9.90. The van der Waals surface area contributed by atoms with E-state index in [0.29, 0.717) is 11.9 Å². The molecule has 0 radical (unpaired) electrons. The molecule has 7 heteroatoms. The summed E-state index contributed by atoms with van der Waals surface area (Å²) in [6, 6.07) is 9.84. The Kier molecular flexibility index (Phi) is 6.06. The van der Waals surface area contributed by atoms with Gasteiger partial charge in [0, 0.05) is 37.4 Å². The first kappa shape index (κ1) is 19.8. The summed E-state index contributed by atoms with van der Waals surface area (Å²) >= 11 is 0. The van der Waals surface area contributed by atoms with Gasteiger partial charge in [0.05, 0.1) is 0 Å². The molecule has 7 nitrogen and oxygen atoms in total. The minimum absolute atomic E-state index is 0.148. The third-order valence-electron chi connectivity index (χ3n) is 6.13. The van der Waals surface area contributed by atoms with Gasteiger partial charge in [-0.25, -0.2) is 10.4 Å². The number of rotatable bonds is 5. The van der Waals surface area contributed by atoms with Crippen LogP contribution in [0.1, 0.15) is 44.7 Å². The van der Waals surface area contributed by atoms with Crippen molar-refractivity contribution >= 4 is 5.91 Å². The molecule has 2 aromatic rings. The lowest BCUT2D eigenvalue weighted by Gasteiger charge is -2.34. The fourth-order valence-corrected chi connectivity index (χ4v) is 4.32. The predicted octanol–water partition coefficient (Wildman–Crippen LogP) is 2.87. The Bertz CT molecular complexity index is 823. The highest BCUT2D eigenvalue weighted by atomic mass is 16.5.